The van der Waals surface area contributed by atoms with Crippen LogP contribution in [0.25, 0.3) is 0 Å². The number of nitrogen functional groups attached to an aromatic ring is 1. The van der Waals surface area contributed by atoms with Crippen molar-refractivity contribution in [3.8, 4) is 0 Å². The number of unbranched alkanes of at least 4 members (excludes halogenated alkanes) is 2. The van der Waals surface area contributed by atoms with Gasteiger partial charge in [-0.25, -0.2) is 0 Å². The number of benzene rings is 1. The fourth-order valence-electron chi connectivity index (χ4n) is 1.34. The molecule has 1 aromatic carbocycles. The van der Waals surface area contributed by atoms with Crippen LogP contribution in [0.15, 0.2) is 23.1 Å². The smallest absolute Gasteiger partial charge is 0.0452 e. The summed E-state index contributed by atoms with van der Waals surface area (Å²) in [7, 11) is 0. The van der Waals surface area contributed by atoms with E-state index in [-0.39, 0.29) is 0 Å². The molecule has 3 N–H and O–H groups in total. The second kappa shape index (κ2) is 6.75. The van der Waals surface area contributed by atoms with Gasteiger partial charge in [-0.15, -0.1) is 11.8 Å². The van der Waals surface area contributed by atoms with Crippen LogP contribution in [-0.4, -0.2) is 17.5 Å². The molecule has 0 bridgehead atoms. The van der Waals surface area contributed by atoms with Gasteiger partial charge in [0.1, 0.15) is 0 Å². The number of anilines is 1. The van der Waals surface area contributed by atoms with E-state index in [1.807, 2.05) is 12.1 Å². The maximum atomic E-state index is 8.64. The molecule has 1 rings (SSSR count). The summed E-state index contributed by atoms with van der Waals surface area (Å²) < 4.78 is 0. The molecule has 84 valence electrons. The predicted molar refractivity (Wildman–Crippen MR) is 67.3 cm³/mol. The quantitative estimate of drug-likeness (QED) is 0.444. The van der Waals surface area contributed by atoms with Crippen molar-refractivity contribution in [3.63, 3.8) is 0 Å². The Hall–Kier alpha value is -0.670. The van der Waals surface area contributed by atoms with Gasteiger partial charge in [0, 0.05) is 17.2 Å². The van der Waals surface area contributed by atoms with Gasteiger partial charge in [0.05, 0.1) is 0 Å². The van der Waals surface area contributed by atoms with Crippen molar-refractivity contribution < 1.29 is 5.11 Å². The summed E-state index contributed by atoms with van der Waals surface area (Å²) in [5, 5.41) is 8.64. The number of aryl methyl sites for hydroxylation is 1. The normalized spacial score (nSPS) is 10.5. The molecule has 0 atom stereocenters. The third-order valence-corrected chi connectivity index (χ3v) is 3.39. The van der Waals surface area contributed by atoms with Crippen LogP contribution in [0.4, 0.5) is 5.69 Å². The van der Waals surface area contributed by atoms with Gasteiger partial charge in [-0.1, -0.05) is 12.5 Å². The van der Waals surface area contributed by atoms with Crippen LogP contribution in [0.2, 0.25) is 0 Å². The van der Waals surface area contributed by atoms with Gasteiger partial charge >= 0.3 is 0 Å². The molecule has 0 unspecified atom stereocenters. The molecular weight excluding hydrogens is 206 g/mol. The molecule has 0 aliphatic carbocycles. The highest BCUT2D eigenvalue weighted by Gasteiger charge is 1.99. The number of aliphatic hydroxyl groups excluding tert-OH is 1. The Morgan fingerprint density at radius 1 is 1.27 bits per heavy atom. The number of rotatable bonds is 6. The van der Waals surface area contributed by atoms with Crippen LogP contribution in [0.3, 0.4) is 0 Å². The first-order chi connectivity index (χ1) is 7.24. The number of hydrogen-bond acceptors (Lipinski definition) is 3. The summed E-state index contributed by atoms with van der Waals surface area (Å²) in [5.74, 6) is 1.08. The molecule has 15 heavy (non-hydrogen) atoms. The molecule has 0 aliphatic rings. The molecule has 0 spiro atoms. The Morgan fingerprint density at radius 2 is 2.07 bits per heavy atom. The highest BCUT2D eigenvalue weighted by Crippen LogP contribution is 2.26. The first kappa shape index (κ1) is 12.4. The summed E-state index contributed by atoms with van der Waals surface area (Å²) in [4.78, 5) is 1.18. The zero-order valence-corrected chi connectivity index (χ0v) is 10.0. The molecule has 0 aliphatic heterocycles. The van der Waals surface area contributed by atoms with E-state index in [1.165, 1.54) is 10.5 Å². The first-order valence-corrected chi connectivity index (χ1v) is 6.32. The molecule has 3 heteroatoms. The van der Waals surface area contributed by atoms with E-state index in [1.54, 1.807) is 11.8 Å². The number of thioether (sulfide) groups is 1. The standard InChI is InChI=1S/C12H19NOS/c1-10-5-6-11(13)12(9-10)15-8-4-2-3-7-14/h5-6,9,14H,2-4,7-8,13H2,1H3. The van der Waals surface area contributed by atoms with Crippen molar-refractivity contribution in [3.05, 3.63) is 23.8 Å². The van der Waals surface area contributed by atoms with Crippen molar-refractivity contribution >= 4 is 17.4 Å². The van der Waals surface area contributed by atoms with Crippen LogP contribution < -0.4 is 5.73 Å². The molecule has 0 amide bonds. The van der Waals surface area contributed by atoms with E-state index < -0.39 is 0 Å². The second-order valence-corrected chi connectivity index (χ2v) is 4.81. The van der Waals surface area contributed by atoms with Gasteiger partial charge in [0.25, 0.3) is 0 Å². The van der Waals surface area contributed by atoms with Crippen LogP contribution in [0.1, 0.15) is 24.8 Å². The minimum absolute atomic E-state index is 0.303. The lowest BCUT2D eigenvalue weighted by atomic mass is 10.2. The van der Waals surface area contributed by atoms with Gasteiger partial charge in [0.15, 0.2) is 0 Å². The summed E-state index contributed by atoms with van der Waals surface area (Å²) >= 11 is 1.81. The van der Waals surface area contributed by atoms with Crippen molar-refractivity contribution in [2.24, 2.45) is 0 Å². The number of hydrogen-bond donors (Lipinski definition) is 2. The van der Waals surface area contributed by atoms with Crippen LogP contribution >= 0.6 is 11.8 Å². The lowest BCUT2D eigenvalue weighted by Gasteiger charge is -2.06. The Bertz CT molecular complexity index is 302. The van der Waals surface area contributed by atoms with Crippen LogP contribution in [0.5, 0.6) is 0 Å². The Labute approximate surface area is 95.9 Å². The minimum atomic E-state index is 0.303. The van der Waals surface area contributed by atoms with Crippen molar-refractivity contribution in [2.75, 3.05) is 18.1 Å². The molecule has 0 fully saturated rings. The van der Waals surface area contributed by atoms with E-state index in [4.69, 9.17) is 10.8 Å². The molecular formula is C12H19NOS. The highest BCUT2D eigenvalue weighted by molar-refractivity contribution is 7.99. The average Bonchev–Trinajstić information content (AvgIpc) is 2.23. The van der Waals surface area contributed by atoms with Gasteiger partial charge in [-0.2, -0.15) is 0 Å². The lowest BCUT2D eigenvalue weighted by molar-refractivity contribution is 0.284. The van der Waals surface area contributed by atoms with E-state index in [2.05, 4.69) is 13.0 Å². The summed E-state index contributed by atoms with van der Waals surface area (Å²) in [6.07, 6.45) is 3.14. The Morgan fingerprint density at radius 3 is 2.80 bits per heavy atom. The number of nitrogens with two attached hydrogens (primary N) is 1. The molecule has 0 heterocycles. The van der Waals surface area contributed by atoms with Crippen molar-refractivity contribution in [1.29, 1.82) is 0 Å². The fraction of sp³-hybridized carbons (Fsp3) is 0.500. The predicted octanol–water partition coefficient (Wildman–Crippen LogP) is 2.83. The van der Waals surface area contributed by atoms with Crippen LogP contribution in [-0.2, 0) is 0 Å². The third-order valence-electron chi connectivity index (χ3n) is 2.23. The highest BCUT2D eigenvalue weighted by atomic mass is 32.2. The Balaban J connectivity index is 2.33. The molecule has 0 saturated carbocycles. The van der Waals surface area contributed by atoms with E-state index >= 15 is 0 Å². The number of aliphatic hydroxyl groups is 1. The molecule has 2 nitrogen and oxygen atoms in total. The zero-order valence-electron chi connectivity index (χ0n) is 9.20. The van der Waals surface area contributed by atoms with E-state index in [9.17, 15) is 0 Å². The minimum Gasteiger partial charge on any atom is -0.398 e. The maximum Gasteiger partial charge on any atom is 0.0452 e. The third kappa shape index (κ3) is 4.58. The van der Waals surface area contributed by atoms with E-state index in [0.29, 0.717) is 6.61 Å². The van der Waals surface area contributed by atoms with Gasteiger partial charge in [-0.05, 0) is 43.2 Å². The summed E-state index contributed by atoms with van der Waals surface area (Å²) in [6.45, 7) is 2.38. The van der Waals surface area contributed by atoms with Crippen molar-refractivity contribution in [1.82, 2.24) is 0 Å². The fourth-order valence-corrected chi connectivity index (χ4v) is 2.41. The largest absolute Gasteiger partial charge is 0.398 e. The topological polar surface area (TPSA) is 46.2 Å². The van der Waals surface area contributed by atoms with Gasteiger partial charge in [0.2, 0.25) is 0 Å². The molecule has 0 aromatic heterocycles. The monoisotopic (exact) mass is 225 g/mol. The van der Waals surface area contributed by atoms with E-state index in [0.717, 1.165) is 30.7 Å². The molecule has 0 saturated heterocycles. The summed E-state index contributed by atoms with van der Waals surface area (Å²) in [6, 6.07) is 6.13. The first-order valence-electron chi connectivity index (χ1n) is 5.34. The van der Waals surface area contributed by atoms with Gasteiger partial charge < -0.3 is 10.8 Å². The zero-order chi connectivity index (χ0) is 11.1. The maximum absolute atomic E-state index is 8.64. The average molecular weight is 225 g/mol. The second-order valence-electron chi connectivity index (χ2n) is 3.67. The van der Waals surface area contributed by atoms with Gasteiger partial charge in [-0.3, -0.25) is 0 Å². The Kier molecular flexibility index (Phi) is 5.58. The SMILES string of the molecule is Cc1ccc(N)c(SCCCCCO)c1. The molecule has 1 aromatic rings. The van der Waals surface area contributed by atoms with Crippen molar-refractivity contribution in [2.45, 2.75) is 31.1 Å². The lowest BCUT2D eigenvalue weighted by Crippen LogP contribution is -1.91. The van der Waals surface area contributed by atoms with Crippen LogP contribution in [0, 0.1) is 6.92 Å². The molecule has 0 radical (unpaired) electrons. The summed E-state index contributed by atoms with van der Waals surface area (Å²) in [5.41, 5.74) is 7.99.